The van der Waals surface area contributed by atoms with Crippen LogP contribution in [-0.4, -0.2) is 21.3 Å². The van der Waals surface area contributed by atoms with Crippen LogP contribution in [-0.2, 0) is 16.6 Å². The zero-order chi connectivity index (χ0) is 20.7. The average Bonchev–Trinajstić information content (AvgIpc) is 2.77. The molecular weight excluding hydrogens is 386 g/mol. The summed E-state index contributed by atoms with van der Waals surface area (Å²) >= 11 is 0. The van der Waals surface area contributed by atoms with Crippen LogP contribution < -0.4 is 9.46 Å². The van der Waals surface area contributed by atoms with Gasteiger partial charge in [0.1, 0.15) is 5.75 Å². The molecule has 0 radical (unpaired) electrons. The van der Waals surface area contributed by atoms with Crippen LogP contribution >= 0.6 is 0 Å². The van der Waals surface area contributed by atoms with Gasteiger partial charge in [0.15, 0.2) is 5.78 Å². The van der Waals surface area contributed by atoms with E-state index in [-0.39, 0.29) is 17.2 Å². The lowest BCUT2D eigenvalue weighted by atomic mass is 10.1. The molecule has 29 heavy (non-hydrogen) atoms. The molecule has 0 fully saturated rings. The number of nitrogens with one attached hydrogen (secondary N) is 1. The molecule has 3 aromatic rings. The largest absolute Gasteiger partial charge is 0.497 e. The van der Waals surface area contributed by atoms with Gasteiger partial charge in [-0.1, -0.05) is 48.5 Å². The molecule has 0 aromatic heterocycles. The van der Waals surface area contributed by atoms with Crippen LogP contribution in [0.5, 0.6) is 5.75 Å². The van der Waals surface area contributed by atoms with Gasteiger partial charge in [0.2, 0.25) is 10.0 Å². The number of rotatable bonds is 8. The van der Waals surface area contributed by atoms with Crippen molar-refractivity contribution in [3.05, 3.63) is 102 Å². The lowest BCUT2D eigenvalue weighted by Crippen LogP contribution is -2.23. The Hall–Kier alpha value is -3.22. The first-order valence-corrected chi connectivity index (χ1v) is 10.5. The van der Waals surface area contributed by atoms with Gasteiger partial charge in [0, 0.05) is 12.1 Å². The predicted molar refractivity (Wildman–Crippen MR) is 113 cm³/mol. The monoisotopic (exact) mass is 407 g/mol. The summed E-state index contributed by atoms with van der Waals surface area (Å²) in [5, 5.41) is 0. The summed E-state index contributed by atoms with van der Waals surface area (Å²) in [6.45, 7) is 0.203. The molecule has 0 saturated heterocycles. The average molecular weight is 407 g/mol. The highest BCUT2D eigenvalue weighted by Gasteiger charge is 2.14. The zero-order valence-corrected chi connectivity index (χ0v) is 16.7. The molecule has 0 aliphatic heterocycles. The maximum Gasteiger partial charge on any atom is 0.240 e. The third-order valence-corrected chi connectivity index (χ3v) is 5.72. The van der Waals surface area contributed by atoms with Crippen molar-refractivity contribution in [3.63, 3.8) is 0 Å². The Morgan fingerprint density at radius 1 is 0.931 bits per heavy atom. The number of allylic oxidation sites excluding steroid dienone is 1. The van der Waals surface area contributed by atoms with Crippen LogP contribution in [0.3, 0.4) is 0 Å². The second kappa shape index (κ2) is 9.32. The van der Waals surface area contributed by atoms with Crippen LogP contribution in [0.25, 0.3) is 6.08 Å². The summed E-state index contributed by atoms with van der Waals surface area (Å²) in [7, 11) is -2.06. The number of hydrogen-bond acceptors (Lipinski definition) is 4. The molecular formula is C23H21NO4S. The number of ketones is 1. The highest BCUT2D eigenvalue weighted by molar-refractivity contribution is 7.89. The molecule has 3 rings (SSSR count). The molecule has 0 atom stereocenters. The molecule has 0 heterocycles. The molecule has 0 bridgehead atoms. The van der Waals surface area contributed by atoms with Crippen molar-refractivity contribution in [1.82, 2.24) is 4.72 Å². The summed E-state index contributed by atoms with van der Waals surface area (Å²) in [4.78, 5) is 12.5. The molecule has 0 amide bonds. The van der Waals surface area contributed by atoms with Gasteiger partial charge in [-0.3, -0.25) is 4.79 Å². The zero-order valence-electron chi connectivity index (χ0n) is 15.9. The standard InChI is InChI=1S/C23H21NO4S/c1-28-21-12-7-18(8-13-21)9-16-23(25)20-10-14-22(15-11-20)29(26,27)24-17-19-5-3-2-4-6-19/h2-16,24H,17H2,1H3/b16-9+. The van der Waals surface area contributed by atoms with Gasteiger partial charge >= 0.3 is 0 Å². The fourth-order valence-corrected chi connectivity index (χ4v) is 3.66. The van der Waals surface area contributed by atoms with Crippen LogP contribution in [0.1, 0.15) is 21.5 Å². The Morgan fingerprint density at radius 2 is 1.59 bits per heavy atom. The number of methoxy groups -OCH3 is 1. The SMILES string of the molecule is COc1ccc(/C=C/C(=O)c2ccc(S(=O)(=O)NCc3ccccc3)cc2)cc1. The molecule has 3 aromatic carbocycles. The van der Waals surface area contributed by atoms with E-state index in [4.69, 9.17) is 4.74 Å². The van der Waals surface area contributed by atoms with Crippen molar-refractivity contribution in [2.75, 3.05) is 7.11 Å². The minimum atomic E-state index is -3.65. The molecule has 0 saturated carbocycles. The van der Waals surface area contributed by atoms with Gasteiger partial charge in [0.05, 0.1) is 12.0 Å². The number of carbonyl (C=O) groups excluding carboxylic acids is 1. The highest BCUT2D eigenvalue weighted by Crippen LogP contribution is 2.15. The van der Waals surface area contributed by atoms with E-state index in [1.54, 1.807) is 13.2 Å². The normalized spacial score (nSPS) is 11.5. The van der Waals surface area contributed by atoms with Crippen molar-refractivity contribution in [2.45, 2.75) is 11.4 Å². The van der Waals surface area contributed by atoms with Crippen molar-refractivity contribution < 1.29 is 17.9 Å². The Morgan fingerprint density at radius 3 is 2.21 bits per heavy atom. The minimum Gasteiger partial charge on any atom is -0.497 e. The van der Waals surface area contributed by atoms with Gasteiger partial charge in [-0.05, 0) is 53.6 Å². The fourth-order valence-electron chi connectivity index (χ4n) is 2.64. The molecule has 0 spiro atoms. The summed E-state index contributed by atoms with van der Waals surface area (Å²) < 4.78 is 32.5. The number of hydrogen-bond donors (Lipinski definition) is 1. The Labute approximate surface area is 170 Å². The first-order chi connectivity index (χ1) is 14.0. The Kier molecular flexibility index (Phi) is 6.59. The number of sulfonamides is 1. The van der Waals surface area contributed by atoms with E-state index in [0.717, 1.165) is 16.9 Å². The van der Waals surface area contributed by atoms with E-state index in [1.165, 1.54) is 30.3 Å². The first-order valence-electron chi connectivity index (χ1n) is 8.98. The molecule has 0 aliphatic rings. The predicted octanol–water partition coefficient (Wildman–Crippen LogP) is 4.07. The van der Waals surface area contributed by atoms with Gasteiger partial charge in [-0.2, -0.15) is 0 Å². The second-order valence-electron chi connectivity index (χ2n) is 6.31. The van der Waals surface area contributed by atoms with E-state index in [2.05, 4.69) is 4.72 Å². The van der Waals surface area contributed by atoms with E-state index in [9.17, 15) is 13.2 Å². The maximum atomic E-state index is 12.4. The molecule has 1 N–H and O–H groups in total. The smallest absolute Gasteiger partial charge is 0.240 e. The number of benzene rings is 3. The highest BCUT2D eigenvalue weighted by atomic mass is 32.2. The minimum absolute atomic E-state index is 0.115. The van der Waals surface area contributed by atoms with E-state index < -0.39 is 10.0 Å². The van der Waals surface area contributed by atoms with Crippen LogP contribution in [0.2, 0.25) is 0 Å². The quantitative estimate of drug-likeness (QED) is 0.451. The molecule has 0 unspecified atom stereocenters. The van der Waals surface area contributed by atoms with Crippen LogP contribution in [0.4, 0.5) is 0 Å². The second-order valence-corrected chi connectivity index (χ2v) is 8.07. The summed E-state index contributed by atoms with van der Waals surface area (Å²) in [6, 6.07) is 22.5. The molecule has 0 aliphatic carbocycles. The molecule has 148 valence electrons. The van der Waals surface area contributed by atoms with E-state index in [0.29, 0.717) is 5.56 Å². The van der Waals surface area contributed by atoms with Gasteiger partial charge < -0.3 is 4.74 Å². The summed E-state index contributed by atoms with van der Waals surface area (Å²) in [6.07, 6.45) is 3.16. The Balaban J connectivity index is 1.65. The van der Waals surface area contributed by atoms with Crippen molar-refractivity contribution in [2.24, 2.45) is 0 Å². The maximum absolute atomic E-state index is 12.4. The van der Waals surface area contributed by atoms with E-state index >= 15 is 0 Å². The number of ether oxygens (including phenoxy) is 1. The van der Waals surface area contributed by atoms with Crippen molar-refractivity contribution >= 4 is 21.9 Å². The van der Waals surface area contributed by atoms with Gasteiger partial charge in [0.25, 0.3) is 0 Å². The molecule has 5 nitrogen and oxygen atoms in total. The topological polar surface area (TPSA) is 72.5 Å². The first kappa shape index (κ1) is 20.5. The van der Waals surface area contributed by atoms with E-state index in [1.807, 2.05) is 54.6 Å². The van der Waals surface area contributed by atoms with Crippen LogP contribution in [0.15, 0.2) is 89.8 Å². The fraction of sp³-hybridized carbons (Fsp3) is 0.0870. The van der Waals surface area contributed by atoms with Crippen molar-refractivity contribution in [3.8, 4) is 5.75 Å². The third-order valence-electron chi connectivity index (χ3n) is 4.30. The van der Waals surface area contributed by atoms with Gasteiger partial charge in [-0.15, -0.1) is 0 Å². The van der Waals surface area contributed by atoms with Crippen LogP contribution in [0, 0.1) is 0 Å². The van der Waals surface area contributed by atoms with Crippen molar-refractivity contribution in [1.29, 1.82) is 0 Å². The Bertz CT molecular complexity index is 1090. The number of carbonyl (C=O) groups is 1. The third kappa shape index (κ3) is 5.63. The van der Waals surface area contributed by atoms with Gasteiger partial charge in [-0.25, -0.2) is 13.1 Å². The lowest BCUT2D eigenvalue weighted by molar-refractivity contribution is 0.104. The molecule has 6 heteroatoms. The summed E-state index contributed by atoms with van der Waals surface area (Å²) in [5.74, 6) is 0.535. The lowest BCUT2D eigenvalue weighted by Gasteiger charge is -2.07. The summed E-state index contributed by atoms with van der Waals surface area (Å²) in [5.41, 5.74) is 2.15.